The van der Waals surface area contributed by atoms with Gasteiger partial charge in [0.05, 0.1) is 12.0 Å². The van der Waals surface area contributed by atoms with Crippen molar-refractivity contribution >= 4 is 17.6 Å². The molecule has 146 valence electrons. The van der Waals surface area contributed by atoms with Crippen LogP contribution in [0, 0.1) is 17.0 Å². The molecule has 28 heavy (non-hydrogen) atoms. The lowest BCUT2D eigenvalue weighted by molar-refractivity contribution is -0.385. The van der Waals surface area contributed by atoms with Crippen LogP contribution in [0.15, 0.2) is 42.5 Å². The second-order valence-corrected chi connectivity index (χ2v) is 6.55. The van der Waals surface area contributed by atoms with Gasteiger partial charge in [0.25, 0.3) is 5.91 Å². The van der Waals surface area contributed by atoms with Crippen molar-refractivity contribution in [1.29, 1.82) is 0 Å². The number of carbonyl (C=O) groups is 2. The number of hydrogen-bond donors (Lipinski definition) is 0. The van der Waals surface area contributed by atoms with Gasteiger partial charge in [0.15, 0.2) is 12.4 Å². The van der Waals surface area contributed by atoms with Gasteiger partial charge in [-0.3, -0.25) is 14.9 Å². The number of hydrogen-bond acceptors (Lipinski definition) is 6. The van der Waals surface area contributed by atoms with E-state index in [9.17, 15) is 19.7 Å². The summed E-state index contributed by atoms with van der Waals surface area (Å²) in [6.07, 6.45) is 0.346. The van der Waals surface area contributed by atoms with Crippen LogP contribution in [0.4, 0.5) is 5.69 Å². The first-order valence-corrected chi connectivity index (χ1v) is 8.72. The first kappa shape index (κ1) is 19.3. The van der Waals surface area contributed by atoms with Crippen molar-refractivity contribution in [2.75, 3.05) is 13.7 Å². The zero-order chi connectivity index (χ0) is 20.3. The first-order valence-electron chi connectivity index (χ1n) is 8.72. The van der Waals surface area contributed by atoms with E-state index in [4.69, 9.17) is 9.47 Å². The molecule has 8 nitrogen and oxygen atoms in total. The summed E-state index contributed by atoms with van der Waals surface area (Å²) in [5, 5.41) is 11.2. The Hall–Kier alpha value is -3.42. The number of rotatable bonds is 5. The summed E-state index contributed by atoms with van der Waals surface area (Å²) in [6, 6.07) is 11.3. The van der Waals surface area contributed by atoms with Gasteiger partial charge in [-0.1, -0.05) is 30.3 Å². The van der Waals surface area contributed by atoms with Gasteiger partial charge in [-0.15, -0.1) is 0 Å². The van der Waals surface area contributed by atoms with E-state index in [1.54, 1.807) is 13.0 Å². The molecule has 0 N–H and O–H groups in total. The van der Waals surface area contributed by atoms with Crippen LogP contribution in [0.25, 0.3) is 0 Å². The van der Waals surface area contributed by atoms with E-state index in [1.807, 2.05) is 24.3 Å². The highest BCUT2D eigenvalue weighted by Gasteiger charge is 2.35. The quantitative estimate of drug-likeness (QED) is 0.446. The van der Waals surface area contributed by atoms with Gasteiger partial charge >= 0.3 is 11.7 Å². The third kappa shape index (κ3) is 3.95. The summed E-state index contributed by atoms with van der Waals surface area (Å²) in [5.41, 5.74) is 2.43. The van der Waals surface area contributed by atoms with Gasteiger partial charge in [-0.05, 0) is 29.7 Å². The summed E-state index contributed by atoms with van der Waals surface area (Å²) < 4.78 is 10.3. The molecule has 0 unspecified atom stereocenters. The van der Waals surface area contributed by atoms with Crippen LogP contribution in [-0.4, -0.2) is 41.5 Å². The molecule has 0 radical (unpaired) electrons. The number of nitrogens with zero attached hydrogens (tertiary/aromatic N) is 2. The number of methoxy groups -OCH3 is 1. The van der Waals surface area contributed by atoms with E-state index in [-0.39, 0.29) is 18.0 Å². The SMILES string of the molecule is COC(=O)[C@@H]1Cc2ccccc2CN1C(=O)COc1ccc(C)cc1[N+](=O)[O-]. The van der Waals surface area contributed by atoms with Gasteiger partial charge in [0.2, 0.25) is 0 Å². The van der Waals surface area contributed by atoms with Gasteiger partial charge in [0, 0.05) is 19.0 Å². The number of nitro groups is 1. The average molecular weight is 384 g/mol. The average Bonchev–Trinajstić information content (AvgIpc) is 2.70. The second kappa shape index (κ2) is 8.08. The fourth-order valence-electron chi connectivity index (χ4n) is 3.25. The fourth-order valence-corrected chi connectivity index (χ4v) is 3.25. The molecule has 0 aliphatic carbocycles. The number of ether oxygens (including phenoxy) is 2. The molecule has 0 bridgehead atoms. The number of benzene rings is 2. The molecule has 3 rings (SSSR count). The van der Waals surface area contributed by atoms with Gasteiger partial charge in [-0.25, -0.2) is 4.79 Å². The van der Waals surface area contributed by atoms with E-state index in [2.05, 4.69) is 0 Å². The first-order chi connectivity index (χ1) is 13.4. The molecule has 1 heterocycles. The number of amides is 1. The second-order valence-electron chi connectivity index (χ2n) is 6.55. The van der Waals surface area contributed by atoms with Crippen molar-refractivity contribution in [1.82, 2.24) is 4.90 Å². The molecule has 1 aliphatic rings. The molecule has 8 heteroatoms. The molecule has 0 aromatic heterocycles. The van der Waals surface area contributed by atoms with Crippen molar-refractivity contribution in [3.05, 3.63) is 69.3 Å². The van der Waals surface area contributed by atoms with Crippen LogP contribution in [0.2, 0.25) is 0 Å². The van der Waals surface area contributed by atoms with Crippen molar-refractivity contribution in [3.63, 3.8) is 0 Å². The lowest BCUT2D eigenvalue weighted by Gasteiger charge is -2.35. The Labute approximate surface area is 161 Å². The van der Waals surface area contributed by atoms with Crippen LogP contribution in [0.3, 0.4) is 0 Å². The number of esters is 1. The fraction of sp³-hybridized carbons (Fsp3) is 0.300. The third-order valence-electron chi connectivity index (χ3n) is 4.70. The molecule has 0 saturated heterocycles. The Morgan fingerprint density at radius 3 is 2.61 bits per heavy atom. The highest BCUT2D eigenvalue weighted by molar-refractivity contribution is 5.86. The maximum Gasteiger partial charge on any atom is 0.328 e. The standard InChI is InChI=1S/C20H20N2O6/c1-13-7-8-18(16(9-13)22(25)26)28-12-19(23)21-11-15-6-4-3-5-14(15)10-17(21)20(24)27-2/h3-9,17H,10-12H2,1-2H3/t17-/m0/s1. The van der Waals surface area contributed by atoms with Crippen molar-refractivity contribution in [2.45, 2.75) is 25.9 Å². The molecular formula is C20H20N2O6. The molecule has 2 aromatic rings. The normalized spacial score (nSPS) is 15.5. The topological polar surface area (TPSA) is 99.0 Å². The number of carbonyl (C=O) groups excluding carboxylic acids is 2. The van der Waals surface area contributed by atoms with E-state index in [1.165, 1.54) is 24.1 Å². The number of fused-ring (bicyclic) bond motifs is 1. The van der Waals surface area contributed by atoms with Crippen LogP contribution in [0.1, 0.15) is 16.7 Å². The highest BCUT2D eigenvalue weighted by atomic mass is 16.6. The Morgan fingerprint density at radius 2 is 1.93 bits per heavy atom. The number of aryl methyl sites for hydroxylation is 1. The maximum atomic E-state index is 12.8. The van der Waals surface area contributed by atoms with E-state index in [0.29, 0.717) is 12.0 Å². The predicted molar refractivity (Wildman–Crippen MR) is 99.8 cm³/mol. The van der Waals surface area contributed by atoms with E-state index < -0.39 is 29.4 Å². The zero-order valence-corrected chi connectivity index (χ0v) is 15.6. The highest BCUT2D eigenvalue weighted by Crippen LogP contribution is 2.28. The van der Waals surface area contributed by atoms with Crippen LogP contribution >= 0.6 is 0 Å². The largest absolute Gasteiger partial charge is 0.477 e. The number of nitro benzene ring substituents is 1. The van der Waals surface area contributed by atoms with Crippen molar-refractivity contribution in [3.8, 4) is 5.75 Å². The third-order valence-corrected chi connectivity index (χ3v) is 4.70. The van der Waals surface area contributed by atoms with Crippen LogP contribution < -0.4 is 4.74 Å². The van der Waals surface area contributed by atoms with Gasteiger partial charge < -0.3 is 14.4 Å². The summed E-state index contributed by atoms with van der Waals surface area (Å²) in [5.74, 6) is -0.945. The molecule has 2 aromatic carbocycles. The molecule has 0 saturated carbocycles. The summed E-state index contributed by atoms with van der Waals surface area (Å²) in [7, 11) is 1.28. The smallest absolute Gasteiger partial charge is 0.328 e. The molecular weight excluding hydrogens is 364 g/mol. The summed E-state index contributed by atoms with van der Waals surface area (Å²) in [4.78, 5) is 37.0. The predicted octanol–water partition coefficient (Wildman–Crippen LogP) is 2.41. The minimum Gasteiger partial charge on any atom is -0.477 e. The Kier molecular flexibility index (Phi) is 5.58. The molecule has 1 aliphatic heterocycles. The van der Waals surface area contributed by atoms with E-state index in [0.717, 1.165) is 11.1 Å². The lowest BCUT2D eigenvalue weighted by Crippen LogP contribution is -2.50. The van der Waals surface area contributed by atoms with Gasteiger partial charge in [-0.2, -0.15) is 0 Å². The minimum atomic E-state index is -0.760. The van der Waals surface area contributed by atoms with Gasteiger partial charge in [0.1, 0.15) is 6.04 Å². The maximum absolute atomic E-state index is 12.8. The molecule has 1 atom stereocenters. The minimum absolute atomic E-state index is 0.0102. The summed E-state index contributed by atoms with van der Waals surface area (Å²) in [6.45, 7) is 1.56. The summed E-state index contributed by atoms with van der Waals surface area (Å²) >= 11 is 0. The molecule has 0 fully saturated rings. The Morgan fingerprint density at radius 1 is 1.21 bits per heavy atom. The monoisotopic (exact) mass is 384 g/mol. The van der Waals surface area contributed by atoms with Crippen LogP contribution in [-0.2, 0) is 27.3 Å². The Bertz CT molecular complexity index is 927. The van der Waals surface area contributed by atoms with Crippen molar-refractivity contribution < 1.29 is 24.0 Å². The zero-order valence-electron chi connectivity index (χ0n) is 15.6. The Balaban J connectivity index is 1.79. The molecule has 0 spiro atoms. The molecule has 1 amide bonds. The lowest BCUT2D eigenvalue weighted by atomic mass is 9.94. The van der Waals surface area contributed by atoms with E-state index >= 15 is 0 Å². The van der Waals surface area contributed by atoms with Crippen LogP contribution in [0.5, 0.6) is 5.75 Å². The van der Waals surface area contributed by atoms with Crippen molar-refractivity contribution in [2.24, 2.45) is 0 Å².